The lowest BCUT2D eigenvalue weighted by Crippen LogP contribution is -2.06. The van der Waals surface area contributed by atoms with Gasteiger partial charge in [-0.2, -0.15) is 4.98 Å². The Bertz CT molecular complexity index is 873. The first-order valence-electron chi connectivity index (χ1n) is 7.99. The molecule has 1 aromatic carbocycles. The molecule has 0 unspecified atom stereocenters. The molecule has 3 heterocycles. The highest BCUT2D eigenvalue weighted by Crippen LogP contribution is 2.47. The second-order valence-corrected chi connectivity index (χ2v) is 7.57. The molecular formula is C18H18N2OS2. The number of fused-ring (bicyclic) bond motifs is 5. The molecule has 2 aromatic heterocycles. The Kier molecular flexibility index (Phi) is 3.99. The molecule has 0 spiro atoms. The van der Waals surface area contributed by atoms with Gasteiger partial charge in [-0.05, 0) is 19.4 Å². The SMILES string of the molecule is CCOc1nc(CC)nc2c1CCSc1c-2sc2ccccc12. The van der Waals surface area contributed by atoms with E-state index in [9.17, 15) is 0 Å². The number of hydrogen-bond donors (Lipinski definition) is 0. The van der Waals surface area contributed by atoms with Gasteiger partial charge in [-0.25, -0.2) is 4.98 Å². The van der Waals surface area contributed by atoms with E-state index < -0.39 is 0 Å². The van der Waals surface area contributed by atoms with Gasteiger partial charge in [-0.1, -0.05) is 25.1 Å². The fourth-order valence-corrected chi connectivity index (χ4v) is 5.46. The molecule has 0 N–H and O–H groups in total. The van der Waals surface area contributed by atoms with Crippen LogP contribution in [-0.4, -0.2) is 22.3 Å². The van der Waals surface area contributed by atoms with Gasteiger partial charge in [0.15, 0.2) is 0 Å². The smallest absolute Gasteiger partial charge is 0.220 e. The number of thiophene rings is 1. The molecule has 3 nitrogen and oxygen atoms in total. The first-order chi connectivity index (χ1) is 11.3. The van der Waals surface area contributed by atoms with Gasteiger partial charge in [0.25, 0.3) is 0 Å². The van der Waals surface area contributed by atoms with Crippen LogP contribution in [0.1, 0.15) is 25.2 Å². The second kappa shape index (κ2) is 6.13. The molecule has 118 valence electrons. The van der Waals surface area contributed by atoms with Crippen LogP contribution in [0, 0.1) is 0 Å². The largest absolute Gasteiger partial charge is 0.478 e. The number of rotatable bonds is 3. The summed E-state index contributed by atoms with van der Waals surface area (Å²) in [6, 6.07) is 8.63. The Balaban J connectivity index is 2.01. The average molecular weight is 342 g/mol. The van der Waals surface area contributed by atoms with E-state index >= 15 is 0 Å². The van der Waals surface area contributed by atoms with Crippen molar-refractivity contribution < 1.29 is 4.74 Å². The lowest BCUT2D eigenvalue weighted by molar-refractivity contribution is 0.321. The predicted molar refractivity (Wildman–Crippen MR) is 97.8 cm³/mol. The zero-order valence-corrected chi connectivity index (χ0v) is 14.9. The van der Waals surface area contributed by atoms with Crippen molar-refractivity contribution >= 4 is 33.2 Å². The van der Waals surface area contributed by atoms with E-state index in [4.69, 9.17) is 9.72 Å². The van der Waals surface area contributed by atoms with Gasteiger partial charge in [0.2, 0.25) is 5.88 Å². The van der Waals surface area contributed by atoms with Crippen molar-refractivity contribution in [3.8, 4) is 16.5 Å². The molecule has 0 saturated carbocycles. The van der Waals surface area contributed by atoms with Crippen LogP contribution >= 0.6 is 23.1 Å². The highest BCUT2D eigenvalue weighted by Gasteiger charge is 2.25. The Labute approximate surface area is 144 Å². The predicted octanol–water partition coefficient (Wildman–Crippen LogP) is 4.97. The summed E-state index contributed by atoms with van der Waals surface area (Å²) in [6.07, 6.45) is 1.77. The quantitative estimate of drug-likeness (QED) is 0.673. The van der Waals surface area contributed by atoms with Crippen LogP contribution in [0.2, 0.25) is 0 Å². The molecule has 0 bridgehead atoms. The third kappa shape index (κ3) is 2.52. The first kappa shape index (κ1) is 15.0. The zero-order chi connectivity index (χ0) is 15.8. The molecule has 4 rings (SSSR count). The fraction of sp³-hybridized carbons (Fsp3) is 0.333. The van der Waals surface area contributed by atoms with Crippen molar-refractivity contribution in [2.75, 3.05) is 12.4 Å². The van der Waals surface area contributed by atoms with E-state index in [0.717, 1.165) is 36.0 Å². The minimum Gasteiger partial charge on any atom is -0.478 e. The number of benzene rings is 1. The minimum atomic E-state index is 0.638. The van der Waals surface area contributed by atoms with E-state index in [1.165, 1.54) is 25.4 Å². The van der Waals surface area contributed by atoms with Crippen molar-refractivity contribution in [3.63, 3.8) is 0 Å². The van der Waals surface area contributed by atoms with Crippen LogP contribution in [0.15, 0.2) is 29.2 Å². The summed E-state index contributed by atoms with van der Waals surface area (Å²) in [5, 5.41) is 1.35. The highest BCUT2D eigenvalue weighted by molar-refractivity contribution is 7.99. The van der Waals surface area contributed by atoms with Gasteiger partial charge in [0, 0.05) is 32.7 Å². The van der Waals surface area contributed by atoms with Crippen LogP contribution in [0.25, 0.3) is 20.7 Å². The molecule has 0 atom stereocenters. The maximum atomic E-state index is 5.84. The number of aromatic nitrogens is 2. The summed E-state index contributed by atoms with van der Waals surface area (Å²) < 4.78 is 7.16. The third-order valence-electron chi connectivity index (χ3n) is 3.98. The first-order valence-corrected chi connectivity index (χ1v) is 9.79. The summed E-state index contributed by atoms with van der Waals surface area (Å²) in [5.74, 6) is 2.68. The summed E-state index contributed by atoms with van der Waals surface area (Å²) >= 11 is 3.76. The molecule has 0 fully saturated rings. The fourth-order valence-electron chi connectivity index (χ4n) is 2.91. The molecule has 1 aliphatic rings. The molecule has 0 radical (unpaired) electrons. The van der Waals surface area contributed by atoms with Crippen molar-refractivity contribution in [1.29, 1.82) is 0 Å². The lowest BCUT2D eigenvalue weighted by atomic mass is 10.1. The Hall–Kier alpha value is -1.59. The van der Waals surface area contributed by atoms with Gasteiger partial charge < -0.3 is 4.74 Å². The number of nitrogens with zero attached hydrogens (tertiary/aromatic N) is 2. The van der Waals surface area contributed by atoms with Crippen molar-refractivity contribution in [2.45, 2.75) is 31.6 Å². The summed E-state index contributed by atoms with van der Waals surface area (Å²) in [6.45, 7) is 4.74. The summed E-state index contributed by atoms with van der Waals surface area (Å²) in [4.78, 5) is 12.1. The zero-order valence-electron chi connectivity index (χ0n) is 13.3. The summed E-state index contributed by atoms with van der Waals surface area (Å²) in [7, 11) is 0. The highest BCUT2D eigenvalue weighted by atomic mass is 32.2. The maximum absolute atomic E-state index is 5.84. The lowest BCUT2D eigenvalue weighted by Gasteiger charge is -2.12. The van der Waals surface area contributed by atoms with Crippen LogP contribution in [0.4, 0.5) is 0 Å². The third-order valence-corrected chi connectivity index (χ3v) is 6.40. The molecule has 23 heavy (non-hydrogen) atoms. The van der Waals surface area contributed by atoms with Gasteiger partial charge in [-0.3, -0.25) is 0 Å². The standard InChI is InChI=1S/C18H18N2OS2/c1-3-14-19-15-12(18(20-14)21-4-2)9-10-22-16-11-7-5-6-8-13(11)23-17(15)16/h5-8H,3-4,9-10H2,1-2H3. The number of aryl methyl sites for hydroxylation is 1. The van der Waals surface area contributed by atoms with E-state index in [0.29, 0.717) is 6.61 Å². The Morgan fingerprint density at radius 2 is 2.04 bits per heavy atom. The Morgan fingerprint density at radius 3 is 2.87 bits per heavy atom. The van der Waals surface area contributed by atoms with E-state index in [1.807, 2.05) is 30.0 Å². The van der Waals surface area contributed by atoms with Crippen LogP contribution < -0.4 is 4.74 Å². The number of ether oxygens (including phenoxy) is 1. The minimum absolute atomic E-state index is 0.638. The van der Waals surface area contributed by atoms with Gasteiger partial charge in [0.1, 0.15) is 5.82 Å². The van der Waals surface area contributed by atoms with Crippen LogP contribution in [0.5, 0.6) is 5.88 Å². The van der Waals surface area contributed by atoms with Gasteiger partial charge in [0.05, 0.1) is 17.2 Å². The molecule has 1 aliphatic heterocycles. The molecular weight excluding hydrogens is 324 g/mol. The van der Waals surface area contributed by atoms with Crippen molar-refractivity contribution in [2.24, 2.45) is 0 Å². The van der Waals surface area contributed by atoms with Gasteiger partial charge >= 0.3 is 0 Å². The molecule has 5 heteroatoms. The average Bonchev–Trinajstić information content (AvgIpc) is 2.85. The summed E-state index contributed by atoms with van der Waals surface area (Å²) in [5.41, 5.74) is 2.25. The van der Waals surface area contributed by atoms with E-state index in [2.05, 4.69) is 36.2 Å². The number of thioether (sulfide) groups is 1. The van der Waals surface area contributed by atoms with E-state index in [1.54, 1.807) is 0 Å². The normalized spacial score (nSPS) is 13.5. The van der Waals surface area contributed by atoms with Crippen molar-refractivity contribution in [1.82, 2.24) is 9.97 Å². The second-order valence-electron chi connectivity index (χ2n) is 5.41. The van der Waals surface area contributed by atoms with Gasteiger partial charge in [-0.15, -0.1) is 23.1 Å². The molecule has 0 aliphatic carbocycles. The monoisotopic (exact) mass is 342 g/mol. The van der Waals surface area contributed by atoms with Crippen molar-refractivity contribution in [3.05, 3.63) is 35.7 Å². The number of hydrogen-bond acceptors (Lipinski definition) is 5. The molecule has 3 aromatic rings. The van der Waals surface area contributed by atoms with Crippen LogP contribution in [-0.2, 0) is 12.8 Å². The van der Waals surface area contributed by atoms with E-state index in [-0.39, 0.29) is 0 Å². The molecule has 0 amide bonds. The molecule has 0 saturated heterocycles. The Morgan fingerprint density at radius 1 is 1.17 bits per heavy atom. The maximum Gasteiger partial charge on any atom is 0.220 e. The van der Waals surface area contributed by atoms with Crippen LogP contribution in [0.3, 0.4) is 0 Å². The topological polar surface area (TPSA) is 35.0 Å².